The summed E-state index contributed by atoms with van der Waals surface area (Å²) in [5.74, 6) is -0.158. The summed E-state index contributed by atoms with van der Waals surface area (Å²) in [7, 11) is 0. The fraction of sp³-hybridized carbons (Fsp3) is 0.375. The number of allylic oxidation sites excluding steroid dienone is 1. The monoisotopic (exact) mass is 184 g/mol. The molecule has 0 fully saturated rings. The van der Waals surface area contributed by atoms with Gasteiger partial charge in [-0.05, 0) is 13.0 Å². The molecule has 0 aromatic rings. The molecule has 5 heteroatoms. The smallest absolute Gasteiger partial charge is 0.263 e. The van der Waals surface area contributed by atoms with Gasteiger partial charge in [0.25, 0.3) is 5.70 Å². The van der Waals surface area contributed by atoms with Gasteiger partial charge in [0, 0.05) is 18.7 Å². The first kappa shape index (κ1) is 11.4. The summed E-state index contributed by atoms with van der Waals surface area (Å²) < 4.78 is 0. The van der Waals surface area contributed by atoms with Gasteiger partial charge in [0.1, 0.15) is 0 Å². The first-order chi connectivity index (χ1) is 6.07. The van der Waals surface area contributed by atoms with Crippen molar-refractivity contribution < 1.29 is 9.72 Å². The fourth-order valence-electron chi connectivity index (χ4n) is 0.591. The van der Waals surface area contributed by atoms with Gasteiger partial charge in [-0.25, -0.2) is 0 Å². The molecule has 0 unspecified atom stereocenters. The van der Waals surface area contributed by atoms with Crippen LogP contribution in [0.25, 0.3) is 0 Å². The van der Waals surface area contributed by atoms with Crippen LogP contribution in [0, 0.1) is 10.1 Å². The third-order valence-electron chi connectivity index (χ3n) is 1.23. The normalized spacial score (nSPS) is 9.92. The predicted molar refractivity (Wildman–Crippen MR) is 48.3 cm³/mol. The molecule has 0 radical (unpaired) electrons. The van der Waals surface area contributed by atoms with Crippen molar-refractivity contribution in [3.63, 3.8) is 0 Å². The van der Waals surface area contributed by atoms with Crippen LogP contribution in [-0.4, -0.2) is 10.8 Å². The van der Waals surface area contributed by atoms with Crippen LogP contribution >= 0.6 is 0 Å². The molecule has 0 saturated heterocycles. The highest BCUT2D eigenvalue weighted by atomic mass is 16.6. The first-order valence-electron chi connectivity index (χ1n) is 3.87. The van der Waals surface area contributed by atoms with Gasteiger partial charge in [-0.15, -0.1) is 0 Å². The molecule has 13 heavy (non-hydrogen) atoms. The van der Waals surface area contributed by atoms with Crippen molar-refractivity contribution in [2.45, 2.75) is 19.8 Å². The molecule has 1 amide bonds. The summed E-state index contributed by atoms with van der Waals surface area (Å²) in [4.78, 5) is 20.3. The summed E-state index contributed by atoms with van der Waals surface area (Å²) in [5, 5.41) is 12.4. The van der Waals surface area contributed by atoms with Crippen LogP contribution in [-0.2, 0) is 4.79 Å². The van der Waals surface area contributed by atoms with Gasteiger partial charge in [0.2, 0.25) is 5.91 Å². The Bertz CT molecular complexity index is 246. The first-order valence-corrected chi connectivity index (χ1v) is 3.87. The van der Waals surface area contributed by atoms with Crippen molar-refractivity contribution >= 4 is 5.91 Å². The maximum absolute atomic E-state index is 10.8. The number of carbonyl (C=O) groups is 1. The maximum Gasteiger partial charge on any atom is 0.263 e. The number of amides is 1. The summed E-state index contributed by atoms with van der Waals surface area (Å²) >= 11 is 0. The molecular weight excluding hydrogens is 172 g/mol. The van der Waals surface area contributed by atoms with Crippen molar-refractivity contribution in [2.75, 3.05) is 0 Å². The summed E-state index contributed by atoms with van der Waals surface area (Å²) in [6.45, 7) is 5.03. The van der Waals surface area contributed by atoms with Gasteiger partial charge in [-0.3, -0.25) is 14.9 Å². The highest BCUT2D eigenvalue weighted by Gasteiger charge is 2.00. The van der Waals surface area contributed by atoms with Gasteiger partial charge in [0.15, 0.2) is 0 Å². The van der Waals surface area contributed by atoms with E-state index in [9.17, 15) is 14.9 Å². The molecule has 0 aliphatic heterocycles. The van der Waals surface area contributed by atoms with Gasteiger partial charge < -0.3 is 5.32 Å². The van der Waals surface area contributed by atoms with Crippen LogP contribution in [0.2, 0.25) is 0 Å². The molecule has 0 heterocycles. The molecule has 0 atom stereocenters. The third kappa shape index (κ3) is 5.60. The van der Waals surface area contributed by atoms with E-state index in [1.807, 2.05) is 6.92 Å². The molecule has 0 rings (SSSR count). The Morgan fingerprint density at radius 1 is 1.69 bits per heavy atom. The number of nitrogens with zero attached hydrogens (tertiary/aromatic N) is 1. The lowest BCUT2D eigenvalue weighted by Gasteiger charge is -1.95. The van der Waals surface area contributed by atoms with E-state index in [1.54, 1.807) is 0 Å². The standard InChI is InChI=1S/C8H12N2O3/c1-3-4-8(11)9-6-5-7(2)10(12)13/h5-6H,2-4H2,1H3,(H,9,11)/b6-5+. The average Bonchev–Trinajstić information content (AvgIpc) is 2.04. The number of nitro groups is 1. The molecule has 1 N–H and O–H groups in total. The Kier molecular flexibility index (Phi) is 5.18. The molecule has 0 saturated carbocycles. The lowest BCUT2D eigenvalue weighted by molar-refractivity contribution is -0.418. The van der Waals surface area contributed by atoms with Gasteiger partial charge in [-0.2, -0.15) is 0 Å². The molecular formula is C8H12N2O3. The SMILES string of the molecule is C=C(/C=C/NC(=O)CCC)[N+](=O)[O-]. The van der Waals surface area contributed by atoms with Crippen LogP contribution in [0.5, 0.6) is 0 Å². The predicted octanol–water partition coefficient (Wildman–Crippen LogP) is 1.21. The second kappa shape index (κ2) is 5.93. The van der Waals surface area contributed by atoms with Crippen molar-refractivity contribution in [2.24, 2.45) is 0 Å². The molecule has 0 aromatic heterocycles. The Morgan fingerprint density at radius 2 is 2.31 bits per heavy atom. The molecule has 0 aromatic carbocycles. The zero-order chi connectivity index (χ0) is 10.3. The Hall–Kier alpha value is -1.65. The van der Waals surface area contributed by atoms with Gasteiger partial charge in [0.05, 0.1) is 4.92 Å². The van der Waals surface area contributed by atoms with Crippen LogP contribution < -0.4 is 5.32 Å². The molecule has 0 aliphatic carbocycles. The number of nitrogens with one attached hydrogen (secondary N) is 1. The highest BCUT2D eigenvalue weighted by molar-refractivity contribution is 5.76. The van der Waals surface area contributed by atoms with Crippen LogP contribution in [0.1, 0.15) is 19.8 Å². The number of hydrogen-bond donors (Lipinski definition) is 1. The quantitative estimate of drug-likeness (QED) is 0.396. The maximum atomic E-state index is 10.8. The molecule has 0 bridgehead atoms. The zero-order valence-corrected chi connectivity index (χ0v) is 7.45. The van der Waals surface area contributed by atoms with Crippen LogP contribution in [0.3, 0.4) is 0 Å². The average molecular weight is 184 g/mol. The minimum absolute atomic E-state index is 0.158. The van der Waals surface area contributed by atoms with Gasteiger partial charge in [-0.1, -0.05) is 6.92 Å². The Labute approximate surface area is 76.3 Å². The molecule has 0 spiro atoms. The number of hydrogen-bond acceptors (Lipinski definition) is 3. The molecule has 0 aliphatic rings. The van der Waals surface area contributed by atoms with E-state index in [2.05, 4.69) is 11.9 Å². The number of carbonyl (C=O) groups excluding carboxylic acids is 1. The minimum Gasteiger partial charge on any atom is -0.332 e. The summed E-state index contributed by atoms with van der Waals surface area (Å²) in [6, 6.07) is 0. The molecule has 72 valence electrons. The lowest BCUT2D eigenvalue weighted by Crippen LogP contribution is -2.16. The van der Waals surface area contributed by atoms with Crippen LogP contribution in [0.15, 0.2) is 24.6 Å². The minimum atomic E-state index is -0.623. The van der Waals surface area contributed by atoms with E-state index < -0.39 is 4.92 Å². The van der Waals surface area contributed by atoms with Crippen LogP contribution in [0.4, 0.5) is 0 Å². The van der Waals surface area contributed by atoms with Crippen molar-refractivity contribution in [1.82, 2.24) is 5.32 Å². The zero-order valence-electron chi connectivity index (χ0n) is 7.45. The Morgan fingerprint density at radius 3 is 2.77 bits per heavy atom. The lowest BCUT2D eigenvalue weighted by atomic mass is 10.3. The second-order valence-electron chi connectivity index (χ2n) is 2.40. The van der Waals surface area contributed by atoms with Crippen molar-refractivity contribution in [1.29, 1.82) is 0 Å². The fourth-order valence-corrected chi connectivity index (χ4v) is 0.591. The van der Waals surface area contributed by atoms with Crippen molar-refractivity contribution in [3.05, 3.63) is 34.7 Å². The topological polar surface area (TPSA) is 72.2 Å². The van der Waals surface area contributed by atoms with E-state index in [4.69, 9.17) is 0 Å². The van der Waals surface area contributed by atoms with Gasteiger partial charge >= 0.3 is 0 Å². The van der Waals surface area contributed by atoms with E-state index in [0.29, 0.717) is 6.42 Å². The highest BCUT2D eigenvalue weighted by Crippen LogP contribution is 1.92. The van der Waals surface area contributed by atoms with E-state index in [0.717, 1.165) is 12.5 Å². The molecule has 5 nitrogen and oxygen atoms in total. The van der Waals surface area contributed by atoms with Crippen molar-refractivity contribution in [3.8, 4) is 0 Å². The van der Waals surface area contributed by atoms with E-state index in [-0.39, 0.29) is 11.6 Å². The third-order valence-corrected chi connectivity index (χ3v) is 1.23. The van der Waals surface area contributed by atoms with E-state index >= 15 is 0 Å². The largest absolute Gasteiger partial charge is 0.332 e. The summed E-state index contributed by atoms with van der Waals surface area (Å²) in [6.07, 6.45) is 3.53. The van der Waals surface area contributed by atoms with E-state index in [1.165, 1.54) is 6.20 Å². The Balaban J connectivity index is 3.81. The number of rotatable bonds is 5. The summed E-state index contributed by atoms with van der Waals surface area (Å²) in [5.41, 5.74) is -0.253. The second-order valence-corrected chi connectivity index (χ2v) is 2.40.